The lowest BCUT2D eigenvalue weighted by Gasteiger charge is -2.38. The molecule has 2 heteroatoms. The van der Waals surface area contributed by atoms with Crippen molar-refractivity contribution in [3.8, 4) is 0 Å². The van der Waals surface area contributed by atoms with Gasteiger partial charge in [-0.3, -0.25) is 4.98 Å². The van der Waals surface area contributed by atoms with Gasteiger partial charge in [0, 0.05) is 23.9 Å². The number of pyridine rings is 1. The molecule has 1 aromatic heterocycles. The van der Waals surface area contributed by atoms with E-state index in [1.54, 1.807) is 0 Å². The monoisotopic (exact) mass is 230 g/mol. The van der Waals surface area contributed by atoms with Crippen molar-refractivity contribution in [3.63, 3.8) is 0 Å². The van der Waals surface area contributed by atoms with E-state index >= 15 is 0 Å². The molecule has 17 heavy (non-hydrogen) atoms. The van der Waals surface area contributed by atoms with E-state index in [-0.39, 0.29) is 5.54 Å². The fourth-order valence-electron chi connectivity index (χ4n) is 3.44. The average Bonchev–Trinajstić information content (AvgIpc) is 3.13. The van der Waals surface area contributed by atoms with E-state index < -0.39 is 0 Å². The smallest absolute Gasteiger partial charge is 0.0421 e. The Hall–Kier alpha value is -0.890. The van der Waals surface area contributed by atoms with Gasteiger partial charge < -0.3 is 5.73 Å². The summed E-state index contributed by atoms with van der Waals surface area (Å²) >= 11 is 0. The predicted octanol–water partition coefficient (Wildman–Crippen LogP) is 2.92. The Morgan fingerprint density at radius 2 is 2.12 bits per heavy atom. The standard InChI is InChI=1S/C15H22N2/c16-15(11-14-5-1-2-9-17-14)8-3-4-13(10-15)12-6-7-12/h1-2,5,9,12-13H,3-4,6-8,10-11,16H2. The molecule has 2 aliphatic carbocycles. The lowest BCUT2D eigenvalue weighted by atomic mass is 9.72. The van der Waals surface area contributed by atoms with Crippen LogP contribution in [0, 0.1) is 11.8 Å². The van der Waals surface area contributed by atoms with Crippen molar-refractivity contribution in [1.29, 1.82) is 0 Å². The molecule has 3 rings (SSSR count). The van der Waals surface area contributed by atoms with E-state index in [1.807, 2.05) is 12.3 Å². The van der Waals surface area contributed by atoms with Crippen LogP contribution in [0.2, 0.25) is 0 Å². The molecule has 2 nitrogen and oxygen atoms in total. The fraction of sp³-hybridized carbons (Fsp3) is 0.667. The second-order valence-corrected chi connectivity index (χ2v) is 6.05. The van der Waals surface area contributed by atoms with Crippen molar-refractivity contribution in [3.05, 3.63) is 30.1 Å². The molecule has 2 saturated carbocycles. The summed E-state index contributed by atoms with van der Waals surface area (Å²) in [6, 6.07) is 6.14. The summed E-state index contributed by atoms with van der Waals surface area (Å²) in [5, 5.41) is 0. The van der Waals surface area contributed by atoms with Crippen LogP contribution in [-0.2, 0) is 6.42 Å². The van der Waals surface area contributed by atoms with E-state index in [2.05, 4.69) is 17.1 Å². The third-order valence-corrected chi connectivity index (χ3v) is 4.47. The van der Waals surface area contributed by atoms with Crippen molar-refractivity contribution in [2.24, 2.45) is 17.6 Å². The first-order valence-electron chi connectivity index (χ1n) is 6.94. The molecule has 0 radical (unpaired) electrons. The molecule has 0 saturated heterocycles. The van der Waals surface area contributed by atoms with Crippen LogP contribution in [0.1, 0.15) is 44.2 Å². The van der Waals surface area contributed by atoms with E-state index in [4.69, 9.17) is 5.73 Å². The SMILES string of the molecule is NC1(Cc2ccccn2)CCCC(C2CC2)C1. The third-order valence-electron chi connectivity index (χ3n) is 4.47. The predicted molar refractivity (Wildman–Crippen MR) is 69.5 cm³/mol. The molecule has 2 N–H and O–H groups in total. The molecule has 92 valence electrons. The van der Waals surface area contributed by atoms with Crippen LogP contribution in [0.15, 0.2) is 24.4 Å². The summed E-state index contributed by atoms with van der Waals surface area (Å²) < 4.78 is 0. The second kappa shape index (κ2) is 4.41. The lowest BCUT2D eigenvalue weighted by Crippen LogP contribution is -2.46. The summed E-state index contributed by atoms with van der Waals surface area (Å²) in [6.07, 6.45) is 10.8. The van der Waals surface area contributed by atoms with E-state index in [0.29, 0.717) is 0 Å². The van der Waals surface area contributed by atoms with E-state index in [1.165, 1.54) is 38.5 Å². The van der Waals surface area contributed by atoms with Crippen molar-refractivity contribution in [2.75, 3.05) is 0 Å². The van der Waals surface area contributed by atoms with Crippen LogP contribution in [-0.4, -0.2) is 10.5 Å². The Bertz CT molecular complexity index is 372. The lowest BCUT2D eigenvalue weighted by molar-refractivity contribution is 0.203. The minimum absolute atomic E-state index is 0.0137. The molecule has 2 fully saturated rings. The number of nitrogens with two attached hydrogens (primary N) is 1. The summed E-state index contributed by atoms with van der Waals surface area (Å²) in [5.74, 6) is 1.90. The van der Waals surface area contributed by atoms with Gasteiger partial charge in [0.2, 0.25) is 0 Å². The average molecular weight is 230 g/mol. The third kappa shape index (κ3) is 2.68. The Morgan fingerprint density at radius 1 is 1.24 bits per heavy atom. The Balaban J connectivity index is 1.67. The van der Waals surface area contributed by atoms with Gasteiger partial charge >= 0.3 is 0 Å². The van der Waals surface area contributed by atoms with Gasteiger partial charge in [-0.1, -0.05) is 18.9 Å². The number of nitrogens with zero attached hydrogens (tertiary/aromatic N) is 1. The van der Waals surface area contributed by atoms with Crippen LogP contribution in [0.3, 0.4) is 0 Å². The Morgan fingerprint density at radius 3 is 2.82 bits per heavy atom. The first kappa shape index (κ1) is 11.2. The normalized spacial score (nSPS) is 33.6. The van der Waals surface area contributed by atoms with Crippen molar-refractivity contribution in [1.82, 2.24) is 4.98 Å². The minimum atomic E-state index is 0.0137. The molecular weight excluding hydrogens is 208 g/mol. The minimum Gasteiger partial charge on any atom is -0.325 e. The largest absolute Gasteiger partial charge is 0.325 e. The van der Waals surface area contributed by atoms with E-state index in [0.717, 1.165) is 24.0 Å². The molecule has 0 aliphatic heterocycles. The number of aromatic nitrogens is 1. The van der Waals surface area contributed by atoms with Crippen LogP contribution in [0.5, 0.6) is 0 Å². The number of hydrogen-bond acceptors (Lipinski definition) is 2. The molecular formula is C15H22N2. The quantitative estimate of drug-likeness (QED) is 0.867. The highest BCUT2D eigenvalue weighted by Crippen LogP contribution is 2.46. The molecule has 1 heterocycles. The zero-order valence-electron chi connectivity index (χ0n) is 10.4. The van der Waals surface area contributed by atoms with Gasteiger partial charge in [-0.05, 0) is 49.7 Å². The van der Waals surface area contributed by atoms with Gasteiger partial charge in [0.1, 0.15) is 0 Å². The molecule has 2 unspecified atom stereocenters. The number of rotatable bonds is 3. The van der Waals surface area contributed by atoms with Crippen LogP contribution in [0.25, 0.3) is 0 Å². The topological polar surface area (TPSA) is 38.9 Å². The van der Waals surface area contributed by atoms with Gasteiger partial charge in [-0.25, -0.2) is 0 Å². The first-order chi connectivity index (χ1) is 8.25. The maximum Gasteiger partial charge on any atom is 0.0421 e. The van der Waals surface area contributed by atoms with Gasteiger partial charge in [-0.15, -0.1) is 0 Å². The van der Waals surface area contributed by atoms with E-state index in [9.17, 15) is 0 Å². The summed E-state index contributed by atoms with van der Waals surface area (Å²) in [6.45, 7) is 0. The first-order valence-corrected chi connectivity index (χ1v) is 6.94. The summed E-state index contributed by atoms with van der Waals surface area (Å²) in [4.78, 5) is 4.42. The highest BCUT2D eigenvalue weighted by atomic mass is 14.8. The zero-order valence-corrected chi connectivity index (χ0v) is 10.4. The molecule has 0 bridgehead atoms. The van der Waals surface area contributed by atoms with Gasteiger partial charge in [0.15, 0.2) is 0 Å². The summed E-state index contributed by atoms with van der Waals surface area (Å²) in [7, 11) is 0. The molecule has 0 amide bonds. The molecule has 0 aromatic carbocycles. The van der Waals surface area contributed by atoms with Gasteiger partial charge in [0.05, 0.1) is 0 Å². The maximum atomic E-state index is 6.61. The second-order valence-electron chi connectivity index (χ2n) is 6.05. The molecule has 2 atom stereocenters. The molecule has 1 aromatic rings. The Kier molecular flexibility index (Phi) is 2.91. The fourth-order valence-corrected chi connectivity index (χ4v) is 3.44. The molecule has 0 spiro atoms. The number of hydrogen-bond donors (Lipinski definition) is 1. The van der Waals surface area contributed by atoms with Gasteiger partial charge in [-0.2, -0.15) is 0 Å². The van der Waals surface area contributed by atoms with Crippen LogP contribution >= 0.6 is 0 Å². The van der Waals surface area contributed by atoms with Crippen molar-refractivity contribution >= 4 is 0 Å². The molecule has 2 aliphatic rings. The highest BCUT2D eigenvalue weighted by molar-refractivity contribution is 5.09. The van der Waals surface area contributed by atoms with Crippen molar-refractivity contribution < 1.29 is 0 Å². The summed E-state index contributed by atoms with van der Waals surface area (Å²) in [5.41, 5.74) is 7.78. The van der Waals surface area contributed by atoms with Crippen LogP contribution < -0.4 is 5.73 Å². The van der Waals surface area contributed by atoms with Gasteiger partial charge in [0.25, 0.3) is 0 Å². The Labute approximate surface area is 104 Å². The zero-order chi connectivity index (χ0) is 11.7. The van der Waals surface area contributed by atoms with Crippen LogP contribution in [0.4, 0.5) is 0 Å². The van der Waals surface area contributed by atoms with Crippen molar-refractivity contribution in [2.45, 2.75) is 50.5 Å². The highest BCUT2D eigenvalue weighted by Gasteiger charge is 2.40. The maximum absolute atomic E-state index is 6.61.